The number of carbonyl (C=O) groups excluding carboxylic acids is 2. The van der Waals surface area contributed by atoms with Gasteiger partial charge in [0.15, 0.2) is 0 Å². The summed E-state index contributed by atoms with van der Waals surface area (Å²) in [5.74, 6) is 0.260. The summed E-state index contributed by atoms with van der Waals surface area (Å²) >= 11 is 0. The van der Waals surface area contributed by atoms with Crippen LogP contribution in [0.15, 0.2) is 24.3 Å². The minimum absolute atomic E-state index is 0. The Labute approximate surface area is 142 Å². The number of rotatable bonds is 4. The lowest BCUT2D eigenvalue weighted by Crippen LogP contribution is -2.42. The molecule has 23 heavy (non-hydrogen) atoms. The lowest BCUT2D eigenvalue weighted by atomic mass is 9.85. The smallest absolute Gasteiger partial charge is 0.248 e. The van der Waals surface area contributed by atoms with E-state index >= 15 is 0 Å². The van der Waals surface area contributed by atoms with Crippen LogP contribution in [0, 0.1) is 5.92 Å². The van der Waals surface area contributed by atoms with Gasteiger partial charge in [0.2, 0.25) is 11.8 Å². The summed E-state index contributed by atoms with van der Waals surface area (Å²) in [6.07, 6.45) is 5.93. The second kappa shape index (κ2) is 7.79. The Kier molecular flexibility index (Phi) is 6.02. The fraction of sp³-hybridized carbons (Fsp3) is 0.529. The van der Waals surface area contributed by atoms with E-state index in [1.54, 1.807) is 18.2 Å². The Hall–Kier alpha value is -1.59. The average Bonchev–Trinajstić information content (AvgIpc) is 2.97. The van der Waals surface area contributed by atoms with Gasteiger partial charge in [-0.05, 0) is 42.9 Å². The number of primary amides is 1. The zero-order valence-electron chi connectivity index (χ0n) is 13.1. The summed E-state index contributed by atoms with van der Waals surface area (Å²) in [5.41, 5.74) is 6.63. The second-order valence-electron chi connectivity index (χ2n) is 6.39. The van der Waals surface area contributed by atoms with E-state index in [1.165, 1.54) is 25.7 Å². The third-order valence-electron chi connectivity index (χ3n) is 4.86. The van der Waals surface area contributed by atoms with Gasteiger partial charge >= 0.3 is 0 Å². The van der Waals surface area contributed by atoms with Gasteiger partial charge in [-0.3, -0.25) is 9.59 Å². The maximum Gasteiger partial charge on any atom is 0.248 e. The van der Waals surface area contributed by atoms with Crippen LogP contribution < -0.4 is 16.4 Å². The van der Waals surface area contributed by atoms with Crippen molar-refractivity contribution in [2.24, 2.45) is 11.7 Å². The van der Waals surface area contributed by atoms with Crippen LogP contribution in [0.2, 0.25) is 0 Å². The molecule has 1 aliphatic carbocycles. The van der Waals surface area contributed by atoms with Crippen molar-refractivity contribution in [2.45, 2.75) is 50.7 Å². The number of hydrogen-bond donors (Lipinski definition) is 3. The number of halogens is 1. The summed E-state index contributed by atoms with van der Waals surface area (Å²) in [6.45, 7) is 0.424. The summed E-state index contributed by atoms with van der Waals surface area (Å²) in [4.78, 5) is 23.5. The standard InChI is InChI=1S/C17H23N3O2.ClH/c18-16(21)13-6-3-4-11(8-13)10-19-17(22)15-9-12-5-1-2-7-14(12)20-15;/h3-4,6,8,12,14-15,20H,1-2,5,7,9-10H2,(H2,18,21)(H,19,22);1H. The Bertz CT molecular complexity index is 565. The predicted molar refractivity (Wildman–Crippen MR) is 91.3 cm³/mol. The highest BCUT2D eigenvalue weighted by Crippen LogP contribution is 2.33. The van der Waals surface area contributed by atoms with Crippen LogP contribution in [0.25, 0.3) is 0 Å². The largest absolute Gasteiger partial charge is 0.366 e. The quantitative estimate of drug-likeness (QED) is 0.782. The van der Waals surface area contributed by atoms with Gasteiger partial charge in [-0.15, -0.1) is 12.4 Å². The first-order valence-corrected chi connectivity index (χ1v) is 8.06. The summed E-state index contributed by atoms with van der Waals surface area (Å²) in [7, 11) is 0. The van der Waals surface area contributed by atoms with Gasteiger partial charge in [0.05, 0.1) is 6.04 Å². The van der Waals surface area contributed by atoms with Crippen molar-refractivity contribution in [3.63, 3.8) is 0 Å². The highest BCUT2D eigenvalue weighted by Gasteiger charge is 2.37. The van der Waals surface area contributed by atoms with E-state index in [1.807, 2.05) is 6.07 Å². The second-order valence-corrected chi connectivity index (χ2v) is 6.39. The van der Waals surface area contributed by atoms with E-state index in [9.17, 15) is 9.59 Å². The van der Waals surface area contributed by atoms with Crippen molar-refractivity contribution < 1.29 is 9.59 Å². The Morgan fingerprint density at radius 2 is 2.04 bits per heavy atom. The Morgan fingerprint density at radius 1 is 1.26 bits per heavy atom. The van der Waals surface area contributed by atoms with Gasteiger partial charge in [0.1, 0.15) is 0 Å². The molecule has 0 bridgehead atoms. The number of hydrogen-bond acceptors (Lipinski definition) is 3. The van der Waals surface area contributed by atoms with Crippen molar-refractivity contribution >= 4 is 24.2 Å². The van der Waals surface area contributed by atoms with E-state index in [2.05, 4.69) is 10.6 Å². The molecule has 1 saturated heterocycles. The molecular weight excluding hydrogens is 314 g/mol. The van der Waals surface area contributed by atoms with E-state index in [0.717, 1.165) is 12.0 Å². The van der Waals surface area contributed by atoms with Crippen molar-refractivity contribution in [3.05, 3.63) is 35.4 Å². The van der Waals surface area contributed by atoms with Gasteiger partial charge in [-0.1, -0.05) is 25.0 Å². The number of carbonyl (C=O) groups is 2. The van der Waals surface area contributed by atoms with Gasteiger partial charge < -0.3 is 16.4 Å². The number of nitrogens with two attached hydrogens (primary N) is 1. The Morgan fingerprint density at radius 3 is 2.78 bits per heavy atom. The molecule has 0 spiro atoms. The van der Waals surface area contributed by atoms with Crippen LogP contribution in [0.4, 0.5) is 0 Å². The van der Waals surface area contributed by atoms with Crippen molar-refractivity contribution in [2.75, 3.05) is 0 Å². The molecule has 1 aromatic rings. The minimum Gasteiger partial charge on any atom is -0.366 e. The molecule has 0 radical (unpaired) electrons. The van der Waals surface area contributed by atoms with Crippen LogP contribution in [-0.2, 0) is 11.3 Å². The molecule has 3 unspecified atom stereocenters. The molecule has 1 heterocycles. The molecule has 2 fully saturated rings. The van der Waals surface area contributed by atoms with Crippen LogP contribution in [-0.4, -0.2) is 23.9 Å². The topological polar surface area (TPSA) is 84.2 Å². The van der Waals surface area contributed by atoms with Crippen LogP contribution in [0.5, 0.6) is 0 Å². The molecule has 3 rings (SSSR count). The SMILES string of the molecule is Cl.NC(=O)c1cccc(CNC(=O)C2CC3CCCCC3N2)c1. The van der Waals surface area contributed by atoms with Crippen molar-refractivity contribution in [1.82, 2.24) is 10.6 Å². The number of nitrogens with one attached hydrogen (secondary N) is 2. The van der Waals surface area contributed by atoms with Gasteiger partial charge in [-0.2, -0.15) is 0 Å². The van der Waals surface area contributed by atoms with Crippen LogP contribution >= 0.6 is 12.4 Å². The van der Waals surface area contributed by atoms with Gasteiger partial charge in [-0.25, -0.2) is 0 Å². The lowest BCUT2D eigenvalue weighted by molar-refractivity contribution is -0.123. The molecule has 1 saturated carbocycles. The van der Waals surface area contributed by atoms with Crippen molar-refractivity contribution in [3.8, 4) is 0 Å². The van der Waals surface area contributed by atoms with Crippen LogP contribution in [0.3, 0.4) is 0 Å². The zero-order chi connectivity index (χ0) is 15.5. The first kappa shape index (κ1) is 17.8. The number of fused-ring (bicyclic) bond motifs is 1. The molecule has 6 heteroatoms. The molecule has 0 aromatic heterocycles. The highest BCUT2D eigenvalue weighted by molar-refractivity contribution is 5.92. The average molecular weight is 338 g/mol. The number of benzene rings is 1. The Balaban J connectivity index is 0.00000192. The lowest BCUT2D eigenvalue weighted by Gasteiger charge is -2.24. The summed E-state index contributed by atoms with van der Waals surface area (Å²) in [6, 6.07) is 7.51. The molecule has 126 valence electrons. The summed E-state index contributed by atoms with van der Waals surface area (Å²) in [5, 5.41) is 6.44. The molecule has 4 N–H and O–H groups in total. The first-order valence-electron chi connectivity index (χ1n) is 8.06. The molecule has 5 nitrogen and oxygen atoms in total. The third kappa shape index (κ3) is 4.24. The highest BCUT2D eigenvalue weighted by atomic mass is 35.5. The fourth-order valence-electron chi connectivity index (χ4n) is 3.67. The molecule has 2 aliphatic rings. The molecular formula is C17H24ClN3O2. The monoisotopic (exact) mass is 337 g/mol. The maximum absolute atomic E-state index is 12.3. The number of amides is 2. The molecule has 3 atom stereocenters. The maximum atomic E-state index is 12.3. The first-order chi connectivity index (χ1) is 10.6. The molecule has 2 amide bonds. The van der Waals surface area contributed by atoms with E-state index < -0.39 is 5.91 Å². The predicted octanol–water partition coefficient (Wildman–Crippen LogP) is 1.74. The third-order valence-corrected chi connectivity index (χ3v) is 4.86. The van der Waals surface area contributed by atoms with E-state index in [-0.39, 0.29) is 24.4 Å². The zero-order valence-corrected chi connectivity index (χ0v) is 13.9. The summed E-state index contributed by atoms with van der Waals surface area (Å²) < 4.78 is 0. The normalized spacial score (nSPS) is 26.0. The minimum atomic E-state index is -0.449. The van der Waals surface area contributed by atoms with Gasteiger partial charge in [0.25, 0.3) is 0 Å². The van der Waals surface area contributed by atoms with E-state index in [4.69, 9.17) is 5.73 Å². The fourth-order valence-corrected chi connectivity index (χ4v) is 3.67. The molecule has 1 aromatic carbocycles. The molecule has 1 aliphatic heterocycles. The van der Waals surface area contributed by atoms with Gasteiger partial charge in [0, 0.05) is 18.2 Å². The van der Waals surface area contributed by atoms with E-state index in [0.29, 0.717) is 24.1 Å². The van der Waals surface area contributed by atoms with Crippen molar-refractivity contribution in [1.29, 1.82) is 0 Å². The van der Waals surface area contributed by atoms with Crippen LogP contribution in [0.1, 0.15) is 48.0 Å².